The minimum atomic E-state index is -1.81. The maximum atomic E-state index is 15.8. The van der Waals surface area contributed by atoms with E-state index in [9.17, 15) is 14.3 Å². The van der Waals surface area contributed by atoms with Crippen molar-refractivity contribution < 1.29 is 18.7 Å². The lowest BCUT2D eigenvalue weighted by atomic mass is 9.92. The Bertz CT molecular complexity index is 1390. The third kappa shape index (κ3) is 4.96. The summed E-state index contributed by atoms with van der Waals surface area (Å²) in [7, 11) is 0. The van der Waals surface area contributed by atoms with Gasteiger partial charge in [-0.25, -0.2) is 13.3 Å². The Morgan fingerprint density at radius 2 is 1.97 bits per heavy atom. The topological polar surface area (TPSA) is 106 Å². The minimum absolute atomic E-state index is 0.0869. The van der Waals surface area contributed by atoms with Gasteiger partial charge in [0, 0.05) is 16.8 Å². The highest BCUT2D eigenvalue weighted by atomic mass is 35.5. The van der Waals surface area contributed by atoms with E-state index in [0.717, 1.165) is 0 Å². The second kappa shape index (κ2) is 9.97. The van der Waals surface area contributed by atoms with Gasteiger partial charge >= 0.3 is 0 Å². The van der Waals surface area contributed by atoms with E-state index >= 15 is 4.39 Å². The zero-order chi connectivity index (χ0) is 25.3. The number of fused-ring (bicyclic) bond motifs is 1. The number of nitrogens with one attached hydrogen (secondary N) is 1. The van der Waals surface area contributed by atoms with Crippen molar-refractivity contribution in [2.45, 2.75) is 32.5 Å². The maximum Gasteiger partial charge on any atom is 0.254 e. The molecule has 0 saturated carbocycles. The number of halogens is 3. The third-order valence-electron chi connectivity index (χ3n) is 5.81. The summed E-state index contributed by atoms with van der Waals surface area (Å²) < 4.78 is 32.0. The van der Waals surface area contributed by atoms with Crippen LogP contribution >= 0.6 is 11.6 Å². The van der Waals surface area contributed by atoms with Crippen LogP contribution in [0.25, 0.3) is 16.8 Å². The monoisotopic (exact) mass is 499 g/mol. The van der Waals surface area contributed by atoms with Crippen molar-refractivity contribution in [3.8, 4) is 11.1 Å². The van der Waals surface area contributed by atoms with Crippen molar-refractivity contribution in [1.29, 1.82) is 0 Å². The number of aliphatic hydroxyl groups is 1. The summed E-state index contributed by atoms with van der Waals surface area (Å²) in [6.45, 7) is 3.01. The Morgan fingerprint density at radius 3 is 2.66 bits per heavy atom. The molecule has 182 valence electrons. The van der Waals surface area contributed by atoms with Crippen molar-refractivity contribution >= 4 is 29.1 Å². The highest BCUT2D eigenvalue weighted by Crippen LogP contribution is 2.32. The molecule has 0 saturated heterocycles. The van der Waals surface area contributed by atoms with Gasteiger partial charge in [-0.3, -0.25) is 4.79 Å². The van der Waals surface area contributed by atoms with Crippen LogP contribution in [0.15, 0.2) is 48.7 Å². The normalized spacial score (nSPS) is 13.1. The number of nitrogens with zero attached hydrogens (tertiary/aromatic N) is 3. The average molecular weight is 500 g/mol. The molecule has 0 aliphatic heterocycles. The molecule has 2 atom stereocenters. The number of alkyl halides is 1. The van der Waals surface area contributed by atoms with E-state index in [1.807, 2.05) is 6.92 Å². The number of aryl methyl sites for hydroxylation is 2. The number of benzene rings is 2. The number of nitrogens with two attached hydrogens (primary N) is 1. The number of amides is 1. The van der Waals surface area contributed by atoms with Gasteiger partial charge in [-0.2, -0.15) is 4.98 Å². The van der Waals surface area contributed by atoms with Crippen LogP contribution in [-0.2, 0) is 6.42 Å². The molecule has 2 unspecified atom stereocenters. The van der Waals surface area contributed by atoms with Crippen LogP contribution in [0, 0.1) is 12.7 Å². The molecular weight excluding hydrogens is 476 g/mol. The van der Waals surface area contributed by atoms with Crippen LogP contribution in [0.4, 0.5) is 14.7 Å². The van der Waals surface area contributed by atoms with Gasteiger partial charge in [0.1, 0.15) is 18.1 Å². The predicted molar refractivity (Wildman–Crippen MR) is 131 cm³/mol. The third-order valence-corrected chi connectivity index (χ3v) is 6.06. The lowest BCUT2D eigenvalue weighted by molar-refractivity contribution is 0.0714. The highest BCUT2D eigenvalue weighted by Gasteiger charge is 2.25. The molecule has 1 amide bonds. The summed E-state index contributed by atoms with van der Waals surface area (Å²) in [5.41, 5.74) is 8.10. The molecule has 2 aromatic carbocycles. The zero-order valence-corrected chi connectivity index (χ0v) is 19.9. The Hall–Kier alpha value is -3.56. The van der Waals surface area contributed by atoms with Crippen molar-refractivity contribution in [3.63, 3.8) is 0 Å². The van der Waals surface area contributed by atoms with Crippen molar-refractivity contribution in [3.05, 3.63) is 81.8 Å². The lowest BCUT2D eigenvalue weighted by Crippen LogP contribution is -2.34. The molecule has 10 heteroatoms. The van der Waals surface area contributed by atoms with Crippen LogP contribution in [-0.4, -0.2) is 38.3 Å². The van der Waals surface area contributed by atoms with E-state index in [1.54, 1.807) is 31.3 Å². The van der Waals surface area contributed by atoms with E-state index in [0.29, 0.717) is 39.3 Å². The average Bonchev–Trinajstić information content (AvgIpc) is 3.21. The van der Waals surface area contributed by atoms with Gasteiger partial charge in [0.25, 0.3) is 5.91 Å². The molecule has 2 aromatic heterocycles. The van der Waals surface area contributed by atoms with Crippen molar-refractivity contribution in [2.24, 2.45) is 0 Å². The number of aromatic nitrogens is 3. The summed E-state index contributed by atoms with van der Waals surface area (Å²) in [4.78, 5) is 17.0. The Morgan fingerprint density at radius 1 is 1.26 bits per heavy atom. The number of pyridine rings is 1. The van der Waals surface area contributed by atoms with Crippen LogP contribution in [0.1, 0.15) is 40.1 Å². The molecule has 0 fully saturated rings. The zero-order valence-electron chi connectivity index (χ0n) is 19.1. The van der Waals surface area contributed by atoms with E-state index < -0.39 is 30.5 Å². The molecule has 0 radical (unpaired) electrons. The van der Waals surface area contributed by atoms with Gasteiger partial charge in [-0.1, -0.05) is 36.7 Å². The summed E-state index contributed by atoms with van der Waals surface area (Å²) in [6, 6.07) is 11.1. The molecule has 0 aliphatic rings. The summed E-state index contributed by atoms with van der Waals surface area (Å²) in [6.07, 6.45) is -1.15. The second-order valence-electron chi connectivity index (χ2n) is 8.18. The number of aliphatic hydroxyl groups excluding tert-OH is 1. The fourth-order valence-electron chi connectivity index (χ4n) is 4.03. The predicted octanol–water partition coefficient (Wildman–Crippen LogP) is 4.44. The fraction of sp³-hybridized carbons (Fsp3) is 0.240. The standard InChI is InChI=1S/C25H24ClF2N5O2/c1-3-14-10-13(2)20(22(28)21(14)16-8-9-33-19(11-16)31-25(29)32-33)24(35)30-12-18(27)23(34)15-4-6-17(26)7-5-15/h4-11,18,23,34H,3,12H2,1-2H3,(H2,29,32)(H,30,35). The summed E-state index contributed by atoms with van der Waals surface area (Å²) in [5.74, 6) is -1.41. The SMILES string of the molecule is CCc1cc(C)c(C(=O)NCC(F)C(O)c2ccc(Cl)cc2)c(F)c1-c1ccn2nc(N)nc2c1. The summed E-state index contributed by atoms with van der Waals surface area (Å²) >= 11 is 5.82. The van der Waals surface area contributed by atoms with Crippen LogP contribution in [0.2, 0.25) is 5.02 Å². The number of hydrogen-bond acceptors (Lipinski definition) is 5. The van der Waals surface area contributed by atoms with Crippen molar-refractivity contribution in [2.75, 3.05) is 12.3 Å². The fourth-order valence-corrected chi connectivity index (χ4v) is 4.15. The van der Waals surface area contributed by atoms with Gasteiger partial charge in [-0.15, -0.1) is 5.10 Å². The number of anilines is 1. The number of nitrogen functional groups attached to an aromatic ring is 1. The van der Waals surface area contributed by atoms with Gasteiger partial charge in [-0.05, 0) is 59.9 Å². The molecule has 4 N–H and O–H groups in total. The van der Waals surface area contributed by atoms with Gasteiger partial charge in [0.05, 0.1) is 12.1 Å². The first-order valence-corrected chi connectivity index (χ1v) is 11.4. The molecule has 2 heterocycles. The first-order chi connectivity index (χ1) is 16.7. The van der Waals surface area contributed by atoms with E-state index in [2.05, 4.69) is 15.4 Å². The minimum Gasteiger partial charge on any atom is -0.385 e. The Kier molecular flexibility index (Phi) is 7.00. The quantitative estimate of drug-likeness (QED) is 0.348. The molecule has 4 aromatic rings. The molecule has 0 spiro atoms. The van der Waals surface area contributed by atoms with E-state index in [1.165, 1.54) is 28.8 Å². The second-order valence-corrected chi connectivity index (χ2v) is 8.62. The first kappa shape index (κ1) is 24.6. The lowest BCUT2D eigenvalue weighted by Gasteiger charge is -2.19. The number of carbonyl (C=O) groups is 1. The molecular formula is C25H24ClF2N5O2. The van der Waals surface area contributed by atoms with E-state index in [-0.39, 0.29) is 17.1 Å². The highest BCUT2D eigenvalue weighted by molar-refractivity contribution is 6.30. The smallest absolute Gasteiger partial charge is 0.254 e. The number of hydrogen-bond donors (Lipinski definition) is 3. The van der Waals surface area contributed by atoms with Crippen LogP contribution in [0.5, 0.6) is 0 Å². The van der Waals surface area contributed by atoms with Gasteiger partial charge in [0.15, 0.2) is 5.65 Å². The van der Waals surface area contributed by atoms with Crippen LogP contribution < -0.4 is 11.1 Å². The molecule has 4 rings (SSSR count). The molecule has 7 nitrogen and oxygen atoms in total. The maximum absolute atomic E-state index is 15.8. The first-order valence-electron chi connectivity index (χ1n) is 11.0. The summed E-state index contributed by atoms with van der Waals surface area (Å²) in [5, 5.41) is 17.1. The largest absolute Gasteiger partial charge is 0.385 e. The Balaban J connectivity index is 1.61. The van der Waals surface area contributed by atoms with E-state index in [4.69, 9.17) is 17.3 Å². The van der Waals surface area contributed by atoms with Crippen LogP contribution in [0.3, 0.4) is 0 Å². The van der Waals surface area contributed by atoms with Crippen molar-refractivity contribution in [1.82, 2.24) is 19.9 Å². The molecule has 0 aliphatic carbocycles. The van der Waals surface area contributed by atoms with Gasteiger partial charge in [0.2, 0.25) is 5.95 Å². The molecule has 35 heavy (non-hydrogen) atoms. The van der Waals surface area contributed by atoms with Gasteiger partial charge < -0.3 is 16.2 Å². The molecule has 0 bridgehead atoms. The Labute approximate surface area is 205 Å². The number of rotatable bonds is 7. The number of carbonyl (C=O) groups excluding carboxylic acids is 1.